The first kappa shape index (κ1) is 41.9. The predicted octanol–water partition coefficient (Wildman–Crippen LogP) is 9.09. The number of methoxy groups -OCH3 is 1. The summed E-state index contributed by atoms with van der Waals surface area (Å²) < 4.78 is 10.7. The topological polar surface area (TPSA) is 134 Å². The number of nitro groups is 1. The number of carbonyl (C=O) groups excluding carboxylic acids is 1. The van der Waals surface area contributed by atoms with E-state index in [1.54, 1.807) is 19.2 Å². The van der Waals surface area contributed by atoms with E-state index < -0.39 is 4.92 Å². The van der Waals surface area contributed by atoms with Crippen molar-refractivity contribution in [1.82, 2.24) is 0 Å². The fraction of sp³-hybridized carbons (Fsp3) is 0.457. The van der Waals surface area contributed by atoms with E-state index in [0.717, 1.165) is 50.0 Å². The molecule has 9 heteroatoms. The molecule has 246 valence electrons. The van der Waals surface area contributed by atoms with Gasteiger partial charge in [-0.25, -0.2) is 4.79 Å². The number of hydrogen-bond acceptors (Lipinski definition) is 8. The second kappa shape index (κ2) is 26.4. The first-order valence-corrected chi connectivity index (χ1v) is 15.7. The van der Waals surface area contributed by atoms with Crippen molar-refractivity contribution in [3.05, 3.63) is 88.0 Å². The molecule has 3 aromatic carbocycles. The van der Waals surface area contributed by atoms with Crippen LogP contribution in [0.1, 0.15) is 90.1 Å². The van der Waals surface area contributed by atoms with Gasteiger partial charge in [-0.05, 0) is 62.9 Å². The Bertz CT molecular complexity index is 1190. The van der Waals surface area contributed by atoms with Crippen LogP contribution in [-0.2, 0) is 4.74 Å². The molecule has 0 saturated carbocycles. The maximum absolute atomic E-state index is 12.1. The van der Waals surface area contributed by atoms with Gasteiger partial charge >= 0.3 is 5.97 Å². The van der Waals surface area contributed by atoms with Crippen molar-refractivity contribution in [2.45, 2.75) is 81.1 Å². The molecular formula is C35H56N4O5. The van der Waals surface area contributed by atoms with Crippen molar-refractivity contribution in [1.29, 1.82) is 0 Å². The number of benzene rings is 3. The number of nitro benzene ring substituents is 1. The van der Waals surface area contributed by atoms with Gasteiger partial charge < -0.3 is 25.8 Å². The van der Waals surface area contributed by atoms with E-state index in [0.29, 0.717) is 29.3 Å². The van der Waals surface area contributed by atoms with Gasteiger partial charge in [0.25, 0.3) is 5.69 Å². The zero-order valence-electron chi connectivity index (χ0n) is 28.4. The maximum atomic E-state index is 12.1. The zero-order chi connectivity index (χ0) is 33.9. The van der Waals surface area contributed by atoms with Gasteiger partial charge in [0.15, 0.2) is 0 Å². The molecule has 4 N–H and O–H groups in total. The van der Waals surface area contributed by atoms with Crippen LogP contribution >= 0.6 is 0 Å². The molecule has 3 aromatic rings. The smallest absolute Gasteiger partial charge is 0.338 e. The molecule has 0 unspecified atom stereocenters. The third-order valence-corrected chi connectivity index (χ3v) is 5.97. The molecule has 0 aromatic heterocycles. The van der Waals surface area contributed by atoms with Gasteiger partial charge in [0, 0.05) is 42.7 Å². The number of ether oxygens (including phenoxy) is 2. The van der Waals surface area contributed by atoms with Crippen LogP contribution in [0.15, 0.2) is 66.7 Å². The number of nitrogen functional groups attached to an aromatic ring is 2. The summed E-state index contributed by atoms with van der Waals surface area (Å²) in [4.78, 5) is 24.0. The summed E-state index contributed by atoms with van der Waals surface area (Å²) >= 11 is 0. The molecule has 0 atom stereocenters. The maximum Gasteiger partial charge on any atom is 0.338 e. The summed E-state index contributed by atoms with van der Waals surface area (Å²) in [6.07, 6.45) is 4.12. The standard InChI is InChI=1S/C23H32N2O3.C6H6N2O2.3C2H6/c1-4-25(19-13-14-21(24)22(17-19)27-3)15-9-5-6-10-16-28-23(26)20-12-8-7-11-18(20)2;7-5-2-1-3-6(4-5)8(9)10;3*1-2/h7-8,11-14,17H,4-6,9-10,15-16,24H2,1-3H3;1-4H,7H2;3*1-2H3. The van der Waals surface area contributed by atoms with E-state index in [1.165, 1.54) is 12.1 Å². The molecule has 0 heterocycles. The van der Waals surface area contributed by atoms with Crippen LogP contribution in [0.3, 0.4) is 0 Å². The highest BCUT2D eigenvalue weighted by Gasteiger charge is 2.10. The Kier molecular flexibility index (Phi) is 25.1. The lowest BCUT2D eigenvalue weighted by Gasteiger charge is -2.24. The van der Waals surface area contributed by atoms with Crippen LogP contribution in [0.5, 0.6) is 5.75 Å². The Balaban J connectivity index is 0. The van der Waals surface area contributed by atoms with Gasteiger partial charge in [-0.2, -0.15) is 0 Å². The van der Waals surface area contributed by atoms with Crippen molar-refractivity contribution in [2.24, 2.45) is 0 Å². The summed E-state index contributed by atoms with van der Waals surface area (Å²) in [5, 5.41) is 10.1. The van der Waals surface area contributed by atoms with Crippen LogP contribution in [0.2, 0.25) is 0 Å². The lowest BCUT2D eigenvalue weighted by Crippen LogP contribution is -2.24. The van der Waals surface area contributed by atoms with E-state index in [-0.39, 0.29) is 11.7 Å². The average Bonchev–Trinajstić information content (AvgIpc) is 3.06. The van der Waals surface area contributed by atoms with E-state index in [4.69, 9.17) is 20.9 Å². The van der Waals surface area contributed by atoms with E-state index in [1.807, 2.05) is 90.9 Å². The van der Waals surface area contributed by atoms with Crippen molar-refractivity contribution >= 4 is 28.7 Å². The summed E-state index contributed by atoms with van der Waals surface area (Å²) in [7, 11) is 1.64. The second-order valence-corrected chi connectivity index (χ2v) is 8.72. The number of non-ortho nitro benzene ring substituents is 1. The van der Waals surface area contributed by atoms with Gasteiger partial charge in [0.05, 0.1) is 29.9 Å². The minimum atomic E-state index is -0.476. The number of unbranched alkanes of at least 4 members (excludes halogenated alkanes) is 3. The van der Waals surface area contributed by atoms with Crippen LogP contribution < -0.4 is 21.1 Å². The Labute approximate surface area is 265 Å². The van der Waals surface area contributed by atoms with Gasteiger partial charge in [-0.1, -0.05) is 72.2 Å². The highest BCUT2D eigenvalue weighted by atomic mass is 16.6. The van der Waals surface area contributed by atoms with Crippen LogP contribution in [-0.4, -0.2) is 37.7 Å². The molecule has 0 bridgehead atoms. The Morgan fingerprint density at radius 3 is 2.05 bits per heavy atom. The summed E-state index contributed by atoms with van der Waals surface area (Å²) in [6, 6.07) is 19.3. The molecule has 44 heavy (non-hydrogen) atoms. The lowest BCUT2D eigenvalue weighted by molar-refractivity contribution is -0.384. The lowest BCUT2D eigenvalue weighted by atomic mass is 10.1. The molecule has 0 aliphatic rings. The second-order valence-electron chi connectivity index (χ2n) is 8.72. The number of aryl methyl sites for hydroxylation is 1. The average molecular weight is 613 g/mol. The van der Waals surface area contributed by atoms with Gasteiger partial charge in [-0.3, -0.25) is 10.1 Å². The van der Waals surface area contributed by atoms with Crippen LogP contribution in [0.25, 0.3) is 0 Å². The Morgan fingerprint density at radius 1 is 0.864 bits per heavy atom. The molecule has 0 radical (unpaired) electrons. The van der Waals surface area contributed by atoms with E-state index in [2.05, 4.69) is 11.8 Å². The first-order valence-electron chi connectivity index (χ1n) is 15.7. The van der Waals surface area contributed by atoms with Crippen molar-refractivity contribution in [2.75, 3.05) is 43.2 Å². The summed E-state index contributed by atoms with van der Waals surface area (Å²) in [5.74, 6) is 0.485. The highest BCUT2D eigenvalue weighted by molar-refractivity contribution is 5.90. The van der Waals surface area contributed by atoms with Gasteiger partial charge in [-0.15, -0.1) is 0 Å². The minimum Gasteiger partial charge on any atom is -0.495 e. The summed E-state index contributed by atoms with van der Waals surface area (Å²) in [6.45, 7) is 18.5. The van der Waals surface area contributed by atoms with Crippen molar-refractivity contribution < 1.29 is 19.2 Å². The molecule has 0 aliphatic carbocycles. The molecule has 0 aliphatic heterocycles. The molecule has 0 saturated heterocycles. The van der Waals surface area contributed by atoms with E-state index in [9.17, 15) is 14.9 Å². The van der Waals surface area contributed by atoms with E-state index >= 15 is 0 Å². The Hall–Kier alpha value is -4.27. The first-order chi connectivity index (χ1) is 21.3. The van der Waals surface area contributed by atoms with Crippen LogP contribution in [0, 0.1) is 17.0 Å². The molecule has 9 nitrogen and oxygen atoms in total. The highest BCUT2D eigenvalue weighted by Crippen LogP contribution is 2.27. The SMILES string of the molecule is CC.CC.CC.CCN(CCCCCCOC(=O)c1ccccc1C)c1ccc(N)c(OC)c1.Nc1cccc([N+](=O)[O-])c1. The number of rotatable bonds is 12. The molecule has 0 amide bonds. The number of carbonyl (C=O) groups is 1. The van der Waals surface area contributed by atoms with Gasteiger partial charge in [0.2, 0.25) is 0 Å². The quantitative estimate of drug-likeness (QED) is 0.0680. The fourth-order valence-electron chi connectivity index (χ4n) is 3.81. The zero-order valence-corrected chi connectivity index (χ0v) is 28.4. The molecule has 0 spiro atoms. The van der Waals surface area contributed by atoms with Crippen LogP contribution in [0.4, 0.5) is 22.7 Å². The minimum absolute atomic E-state index is 0.0278. The number of nitrogens with zero attached hydrogens (tertiary/aromatic N) is 2. The normalized spacial score (nSPS) is 9.20. The number of esters is 1. The largest absolute Gasteiger partial charge is 0.495 e. The van der Waals surface area contributed by atoms with Crippen molar-refractivity contribution in [3.8, 4) is 5.75 Å². The predicted molar refractivity (Wildman–Crippen MR) is 187 cm³/mol. The summed E-state index contributed by atoms with van der Waals surface area (Å²) in [5.41, 5.74) is 15.0. The number of anilines is 3. The van der Waals surface area contributed by atoms with Gasteiger partial charge in [0.1, 0.15) is 5.75 Å². The third kappa shape index (κ3) is 16.4. The number of hydrogen-bond donors (Lipinski definition) is 2. The number of nitrogens with two attached hydrogens (primary N) is 2. The third-order valence-electron chi connectivity index (χ3n) is 5.97. The molecule has 3 rings (SSSR count). The molecular weight excluding hydrogens is 556 g/mol. The molecule has 0 fully saturated rings. The van der Waals surface area contributed by atoms with Crippen molar-refractivity contribution in [3.63, 3.8) is 0 Å². The monoisotopic (exact) mass is 612 g/mol. The Morgan fingerprint density at radius 2 is 1.50 bits per heavy atom. The fourth-order valence-corrected chi connectivity index (χ4v) is 3.81.